The highest BCUT2D eigenvalue weighted by molar-refractivity contribution is 5.79. The van der Waals surface area contributed by atoms with Crippen molar-refractivity contribution in [1.82, 2.24) is 5.32 Å². The van der Waals surface area contributed by atoms with E-state index in [4.69, 9.17) is 5.11 Å². The van der Waals surface area contributed by atoms with Gasteiger partial charge in [0.1, 0.15) is 0 Å². The molecule has 0 saturated heterocycles. The van der Waals surface area contributed by atoms with Crippen LogP contribution in [0.4, 0.5) is 13.2 Å². The maximum Gasteiger partial charge on any atom is 0.417 e. The van der Waals surface area contributed by atoms with E-state index in [1.807, 2.05) is 5.32 Å². The predicted molar refractivity (Wildman–Crippen MR) is 43.5 cm³/mol. The number of rotatable bonds is 3. The largest absolute Gasteiger partial charge is 0.480 e. The molecule has 0 aromatic carbocycles. The van der Waals surface area contributed by atoms with Crippen LogP contribution in [0.2, 0.25) is 0 Å². The number of hydrogen-bond donors (Lipinski definition) is 2. The topological polar surface area (TPSA) is 49.3 Å². The highest BCUT2D eigenvalue weighted by Crippen LogP contribution is 2.30. The fourth-order valence-electron chi connectivity index (χ4n) is 0.606. The number of carbonyl (C=O) groups is 1. The third kappa shape index (κ3) is 2.64. The molecule has 0 amide bonds. The van der Waals surface area contributed by atoms with Crippen LogP contribution in [-0.2, 0) is 4.79 Å². The number of alkyl halides is 3. The van der Waals surface area contributed by atoms with Crippen LogP contribution in [0.25, 0.3) is 0 Å². The normalized spacial score (nSPS) is 15.2. The van der Waals surface area contributed by atoms with Gasteiger partial charge in [0.05, 0.1) is 6.54 Å². The Bertz CT molecular complexity index is 277. The summed E-state index contributed by atoms with van der Waals surface area (Å²) < 4.78 is 36.9. The molecule has 0 aromatic rings. The van der Waals surface area contributed by atoms with Crippen molar-refractivity contribution in [2.45, 2.75) is 25.6 Å². The van der Waals surface area contributed by atoms with Gasteiger partial charge in [-0.2, -0.15) is 13.2 Å². The molecule has 0 aliphatic carbocycles. The Labute approximate surface area is 79.3 Å². The number of carboxylic acids is 1. The summed E-state index contributed by atoms with van der Waals surface area (Å²) in [6.07, 6.45) is -4.85. The molecule has 0 aliphatic heterocycles. The Morgan fingerprint density at radius 3 is 2.29 bits per heavy atom. The zero-order chi connectivity index (χ0) is 11.4. The first-order valence-electron chi connectivity index (χ1n) is 3.70. The summed E-state index contributed by atoms with van der Waals surface area (Å²) in [5.74, 6) is 2.69. The minimum Gasteiger partial charge on any atom is -0.480 e. The van der Waals surface area contributed by atoms with Gasteiger partial charge in [-0.1, -0.05) is 5.92 Å². The van der Waals surface area contributed by atoms with Crippen molar-refractivity contribution in [3.05, 3.63) is 0 Å². The minimum absolute atomic E-state index is 0.321. The van der Waals surface area contributed by atoms with Crippen LogP contribution in [-0.4, -0.2) is 29.3 Å². The lowest BCUT2D eigenvalue weighted by atomic mass is 10.0. The second kappa shape index (κ2) is 4.33. The highest BCUT2D eigenvalue weighted by Gasteiger charge is 2.56. The van der Waals surface area contributed by atoms with Gasteiger partial charge in [-0.05, 0) is 13.8 Å². The molecule has 14 heavy (non-hydrogen) atoms. The van der Waals surface area contributed by atoms with Gasteiger partial charge in [0.25, 0.3) is 0 Å². The van der Waals surface area contributed by atoms with Gasteiger partial charge >= 0.3 is 12.1 Å². The summed E-state index contributed by atoms with van der Waals surface area (Å²) in [6.45, 7) is 1.69. The Morgan fingerprint density at radius 2 is 2.00 bits per heavy atom. The lowest BCUT2D eigenvalue weighted by Crippen LogP contribution is -2.60. The van der Waals surface area contributed by atoms with E-state index in [1.165, 1.54) is 6.92 Å². The van der Waals surface area contributed by atoms with Crippen molar-refractivity contribution in [3.63, 3.8) is 0 Å². The molecular formula is C8H10F3NO2. The molecule has 0 rings (SSSR count). The minimum atomic E-state index is -4.85. The number of hydrogen-bond acceptors (Lipinski definition) is 2. The van der Waals surface area contributed by atoms with Crippen molar-refractivity contribution in [1.29, 1.82) is 0 Å². The number of nitrogens with one attached hydrogen (secondary N) is 1. The van der Waals surface area contributed by atoms with E-state index in [2.05, 4.69) is 11.8 Å². The molecule has 6 heteroatoms. The fraction of sp³-hybridized carbons (Fsp3) is 0.625. The SMILES string of the molecule is CC#CCNC(C)(C(=O)O)C(F)(F)F. The molecule has 0 aromatic heterocycles. The van der Waals surface area contributed by atoms with Crippen LogP contribution in [0.15, 0.2) is 0 Å². The van der Waals surface area contributed by atoms with Gasteiger partial charge in [0.2, 0.25) is 5.54 Å². The third-order valence-corrected chi connectivity index (χ3v) is 1.70. The Hall–Kier alpha value is -1.22. The Balaban J connectivity index is 4.72. The zero-order valence-corrected chi connectivity index (χ0v) is 7.70. The van der Waals surface area contributed by atoms with Crippen LogP contribution >= 0.6 is 0 Å². The van der Waals surface area contributed by atoms with E-state index in [1.54, 1.807) is 0 Å². The first-order valence-corrected chi connectivity index (χ1v) is 3.70. The van der Waals surface area contributed by atoms with Gasteiger partial charge in [0, 0.05) is 0 Å². The summed E-state index contributed by atoms with van der Waals surface area (Å²) in [5, 5.41) is 10.3. The van der Waals surface area contributed by atoms with Gasteiger partial charge in [-0.15, -0.1) is 5.92 Å². The molecule has 0 radical (unpaired) electrons. The van der Waals surface area contributed by atoms with Crippen LogP contribution in [0, 0.1) is 11.8 Å². The van der Waals surface area contributed by atoms with Crippen LogP contribution in [0.5, 0.6) is 0 Å². The van der Waals surface area contributed by atoms with Gasteiger partial charge < -0.3 is 5.11 Å². The zero-order valence-electron chi connectivity index (χ0n) is 7.70. The molecule has 80 valence electrons. The van der Waals surface area contributed by atoms with Crippen LogP contribution < -0.4 is 5.32 Å². The Morgan fingerprint density at radius 1 is 1.50 bits per heavy atom. The van der Waals surface area contributed by atoms with E-state index in [9.17, 15) is 18.0 Å². The first-order chi connectivity index (χ1) is 6.25. The van der Waals surface area contributed by atoms with E-state index in [-0.39, 0.29) is 6.54 Å². The summed E-state index contributed by atoms with van der Waals surface area (Å²) >= 11 is 0. The summed E-state index contributed by atoms with van der Waals surface area (Å²) in [6, 6.07) is 0. The number of aliphatic carboxylic acids is 1. The van der Waals surface area contributed by atoms with Gasteiger partial charge in [-0.3, -0.25) is 5.32 Å². The number of carboxylic acid groups (broad SMARTS) is 1. The second-order valence-electron chi connectivity index (χ2n) is 2.71. The maximum atomic E-state index is 12.3. The molecule has 0 aliphatic rings. The molecule has 0 fully saturated rings. The second-order valence-corrected chi connectivity index (χ2v) is 2.71. The van der Waals surface area contributed by atoms with E-state index >= 15 is 0 Å². The fourth-order valence-corrected chi connectivity index (χ4v) is 0.606. The monoisotopic (exact) mass is 209 g/mol. The first kappa shape index (κ1) is 12.8. The molecule has 1 atom stereocenters. The molecular weight excluding hydrogens is 199 g/mol. The van der Waals surface area contributed by atoms with Gasteiger partial charge in [0.15, 0.2) is 0 Å². The molecule has 2 N–H and O–H groups in total. The van der Waals surface area contributed by atoms with Crippen LogP contribution in [0.3, 0.4) is 0 Å². The summed E-state index contributed by atoms with van der Waals surface area (Å²) in [5.41, 5.74) is -2.95. The smallest absolute Gasteiger partial charge is 0.417 e. The number of halogens is 3. The Kier molecular flexibility index (Phi) is 3.95. The van der Waals surface area contributed by atoms with Crippen molar-refractivity contribution in [3.8, 4) is 11.8 Å². The molecule has 0 spiro atoms. The molecule has 0 bridgehead atoms. The lowest BCUT2D eigenvalue weighted by molar-refractivity contribution is -0.205. The molecule has 1 unspecified atom stereocenters. The molecule has 0 heterocycles. The lowest BCUT2D eigenvalue weighted by Gasteiger charge is -2.27. The average molecular weight is 209 g/mol. The highest BCUT2D eigenvalue weighted by atomic mass is 19.4. The van der Waals surface area contributed by atoms with Gasteiger partial charge in [-0.25, -0.2) is 4.79 Å². The third-order valence-electron chi connectivity index (χ3n) is 1.70. The standard InChI is InChI=1S/C8H10F3NO2/c1-3-4-5-12-7(2,6(13)14)8(9,10)11/h12H,5H2,1-2H3,(H,13,14). The van der Waals surface area contributed by atoms with Crippen molar-refractivity contribution < 1.29 is 23.1 Å². The maximum absolute atomic E-state index is 12.3. The van der Waals surface area contributed by atoms with Crippen molar-refractivity contribution >= 4 is 5.97 Å². The van der Waals surface area contributed by atoms with E-state index in [0.29, 0.717) is 6.92 Å². The van der Waals surface area contributed by atoms with Crippen LogP contribution in [0.1, 0.15) is 13.8 Å². The van der Waals surface area contributed by atoms with Crippen molar-refractivity contribution in [2.24, 2.45) is 0 Å². The molecule has 0 saturated carbocycles. The quantitative estimate of drug-likeness (QED) is 0.682. The average Bonchev–Trinajstić information content (AvgIpc) is 2.02. The summed E-state index contributed by atoms with van der Waals surface area (Å²) in [7, 11) is 0. The van der Waals surface area contributed by atoms with E-state index < -0.39 is 17.7 Å². The van der Waals surface area contributed by atoms with Crippen molar-refractivity contribution in [2.75, 3.05) is 6.54 Å². The predicted octanol–water partition coefficient (Wildman–Crippen LogP) is 1.00. The van der Waals surface area contributed by atoms with E-state index in [0.717, 1.165) is 0 Å². The molecule has 3 nitrogen and oxygen atoms in total. The summed E-state index contributed by atoms with van der Waals surface area (Å²) in [4.78, 5) is 10.4.